The number of nitrogens with zero attached hydrogens (tertiary/aromatic N) is 2. The molecular weight excluding hydrogens is 350 g/mol. The molecular formula is C18H37N5O4. The Morgan fingerprint density at radius 2 is 1.04 bits per heavy atom. The molecule has 1 aliphatic rings. The van der Waals surface area contributed by atoms with E-state index < -0.39 is 0 Å². The Balaban J connectivity index is 1.88. The molecule has 1 saturated heterocycles. The first kappa shape index (κ1) is 23.8. The lowest BCUT2D eigenvalue weighted by atomic mass is 10.3. The molecule has 0 unspecified atom stereocenters. The van der Waals surface area contributed by atoms with E-state index >= 15 is 0 Å². The average molecular weight is 388 g/mol. The Hall–Kier alpha value is -1.26. The first-order valence-corrected chi connectivity index (χ1v) is 9.86. The van der Waals surface area contributed by atoms with E-state index in [2.05, 4.69) is 35.2 Å². The summed E-state index contributed by atoms with van der Waals surface area (Å²) in [7, 11) is 2.83. The molecule has 3 N–H and O–H groups in total. The van der Waals surface area contributed by atoms with Crippen LogP contribution < -0.4 is 16.0 Å². The highest BCUT2D eigenvalue weighted by Gasteiger charge is 2.15. The summed E-state index contributed by atoms with van der Waals surface area (Å²) < 4.78 is 9.21. The van der Waals surface area contributed by atoms with E-state index in [-0.39, 0.29) is 11.9 Å². The summed E-state index contributed by atoms with van der Waals surface area (Å²) in [5, 5.41) is 9.93. The van der Waals surface area contributed by atoms with Crippen molar-refractivity contribution in [3.63, 3.8) is 0 Å². The second-order valence-corrected chi connectivity index (χ2v) is 6.59. The van der Waals surface area contributed by atoms with Gasteiger partial charge in [-0.05, 0) is 0 Å². The van der Waals surface area contributed by atoms with Crippen LogP contribution in [0.3, 0.4) is 0 Å². The maximum atomic E-state index is 11.0. The molecule has 158 valence electrons. The van der Waals surface area contributed by atoms with Gasteiger partial charge in [0.25, 0.3) is 0 Å². The first-order chi connectivity index (χ1) is 13.2. The molecule has 0 aliphatic carbocycles. The van der Waals surface area contributed by atoms with Crippen LogP contribution in [0.4, 0.5) is 0 Å². The van der Waals surface area contributed by atoms with E-state index in [0.29, 0.717) is 25.9 Å². The Bertz CT molecular complexity index is 400. The fraction of sp³-hybridized carbons (Fsp3) is 0.889. The van der Waals surface area contributed by atoms with E-state index in [4.69, 9.17) is 0 Å². The zero-order valence-corrected chi connectivity index (χ0v) is 16.9. The Labute approximate surface area is 163 Å². The zero-order valence-electron chi connectivity index (χ0n) is 16.9. The van der Waals surface area contributed by atoms with Crippen LogP contribution in [0.1, 0.15) is 12.8 Å². The minimum absolute atomic E-state index is 0.165. The molecule has 0 aromatic rings. The lowest BCUT2D eigenvalue weighted by molar-refractivity contribution is -0.141. The molecule has 9 heteroatoms. The van der Waals surface area contributed by atoms with Crippen molar-refractivity contribution in [1.82, 2.24) is 25.8 Å². The summed E-state index contributed by atoms with van der Waals surface area (Å²) in [5.41, 5.74) is 0. The maximum absolute atomic E-state index is 11.0. The van der Waals surface area contributed by atoms with E-state index in [0.717, 1.165) is 65.4 Å². The summed E-state index contributed by atoms with van der Waals surface area (Å²) in [4.78, 5) is 26.9. The SMILES string of the molecule is COC(=O)CCNCCNCCN1CCN(CCNCCC(=O)OC)CC1. The van der Waals surface area contributed by atoms with Gasteiger partial charge in [-0.3, -0.25) is 19.4 Å². The lowest BCUT2D eigenvalue weighted by Crippen LogP contribution is -2.49. The summed E-state index contributed by atoms with van der Waals surface area (Å²) in [5.74, 6) is -0.340. The normalized spacial score (nSPS) is 15.6. The molecule has 1 rings (SSSR count). The van der Waals surface area contributed by atoms with Crippen LogP contribution in [0.15, 0.2) is 0 Å². The predicted octanol–water partition coefficient (Wildman–Crippen LogP) is -1.50. The first-order valence-electron chi connectivity index (χ1n) is 9.86. The predicted molar refractivity (Wildman–Crippen MR) is 105 cm³/mol. The molecule has 27 heavy (non-hydrogen) atoms. The topological polar surface area (TPSA) is 95.2 Å². The van der Waals surface area contributed by atoms with Crippen molar-refractivity contribution in [2.24, 2.45) is 0 Å². The second kappa shape index (κ2) is 15.8. The van der Waals surface area contributed by atoms with Crippen molar-refractivity contribution in [3.05, 3.63) is 0 Å². The van der Waals surface area contributed by atoms with Gasteiger partial charge in [-0.2, -0.15) is 0 Å². The number of ether oxygens (including phenoxy) is 2. The van der Waals surface area contributed by atoms with Gasteiger partial charge in [-0.25, -0.2) is 0 Å². The average Bonchev–Trinajstić information content (AvgIpc) is 2.70. The quantitative estimate of drug-likeness (QED) is 0.229. The minimum atomic E-state index is -0.174. The van der Waals surface area contributed by atoms with E-state index in [1.165, 1.54) is 14.2 Å². The molecule has 0 saturated carbocycles. The number of carbonyl (C=O) groups is 2. The number of piperazine rings is 1. The van der Waals surface area contributed by atoms with Crippen LogP contribution in [0.25, 0.3) is 0 Å². The summed E-state index contributed by atoms with van der Waals surface area (Å²) >= 11 is 0. The number of esters is 2. The Morgan fingerprint density at radius 1 is 0.667 bits per heavy atom. The van der Waals surface area contributed by atoms with Crippen LogP contribution in [0.5, 0.6) is 0 Å². The van der Waals surface area contributed by atoms with Crippen LogP contribution in [0.2, 0.25) is 0 Å². The summed E-state index contributed by atoms with van der Waals surface area (Å²) in [6.45, 7) is 11.4. The molecule has 0 bridgehead atoms. The van der Waals surface area contributed by atoms with E-state index in [1.54, 1.807) is 0 Å². The Morgan fingerprint density at radius 3 is 1.44 bits per heavy atom. The highest BCUT2D eigenvalue weighted by Crippen LogP contribution is 2.00. The molecule has 0 atom stereocenters. The molecule has 1 fully saturated rings. The third kappa shape index (κ3) is 12.7. The van der Waals surface area contributed by atoms with Crippen molar-refractivity contribution in [2.75, 3.05) is 92.8 Å². The van der Waals surface area contributed by atoms with Gasteiger partial charge in [-0.15, -0.1) is 0 Å². The Kier molecular flexibility index (Phi) is 13.9. The van der Waals surface area contributed by atoms with Gasteiger partial charge in [0.05, 0.1) is 27.1 Å². The standard InChI is InChI=1S/C18H37N5O4/c1-26-17(24)3-5-19-7-8-21-10-12-23-15-13-22(14-16-23)11-9-20-6-4-18(25)27-2/h19-21H,3-16H2,1-2H3. The van der Waals surface area contributed by atoms with E-state index in [9.17, 15) is 9.59 Å². The highest BCUT2D eigenvalue weighted by molar-refractivity contribution is 5.69. The molecule has 0 spiro atoms. The number of carbonyl (C=O) groups excluding carboxylic acids is 2. The van der Waals surface area contributed by atoms with Gasteiger partial charge in [-0.1, -0.05) is 0 Å². The third-order valence-corrected chi connectivity index (χ3v) is 4.62. The van der Waals surface area contributed by atoms with Crippen molar-refractivity contribution in [3.8, 4) is 0 Å². The van der Waals surface area contributed by atoms with Gasteiger partial charge in [0.15, 0.2) is 0 Å². The second-order valence-electron chi connectivity index (χ2n) is 6.59. The summed E-state index contributed by atoms with van der Waals surface area (Å²) in [6.07, 6.45) is 0.847. The van der Waals surface area contributed by atoms with Crippen LogP contribution >= 0.6 is 0 Å². The largest absolute Gasteiger partial charge is 0.469 e. The number of methoxy groups -OCH3 is 2. The molecule has 9 nitrogen and oxygen atoms in total. The molecule has 0 aromatic carbocycles. The fourth-order valence-electron chi connectivity index (χ4n) is 2.85. The van der Waals surface area contributed by atoms with Gasteiger partial charge in [0.2, 0.25) is 0 Å². The number of hydrogen-bond acceptors (Lipinski definition) is 9. The van der Waals surface area contributed by atoms with Crippen LogP contribution in [0, 0.1) is 0 Å². The highest BCUT2D eigenvalue weighted by atomic mass is 16.5. The maximum Gasteiger partial charge on any atom is 0.306 e. The van der Waals surface area contributed by atoms with Crippen molar-refractivity contribution >= 4 is 11.9 Å². The monoisotopic (exact) mass is 387 g/mol. The van der Waals surface area contributed by atoms with Crippen molar-refractivity contribution < 1.29 is 19.1 Å². The zero-order chi connectivity index (χ0) is 19.7. The molecule has 0 radical (unpaired) electrons. The molecule has 0 aromatic heterocycles. The van der Waals surface area contributed by atoms with Crippen molar-refractivity contribution in [2.45, 2.75) is 12.8 Å². The van der Waals surface area contributed by atoms with Gasteiger partial charge in [0.1, 0.15) is 0 Å². The lowest BCUT2D eigenvalue weighted by Gasteiger charge is -2.34. The minimum Gasteiger partial charge on any atom is -0.469 e. The third-order valence-electron chi connectivity index (χ3n) is 4.62. The van der Waals surface area contributed by atoms with Crippen molar-refractivity contribution in [1.29, 1.82) is 0 Å². The number of hydrogen-bond donors (Lipinski definition) is 3. The molecule has 1 aliphatic heterocycles. The fourth-order valence-corrected chi connectivity index (χ4v) is 2.85. The van der Waals surface area contributed by atoms with E-state index in [1.807, 2.05) is 0 Å². The molecule has 1 heterocycles. The van der Waals surface area contributed by atoms with Crippen LogP contribution in [-0.2, 0) is 19.1 Å². The smallest absolute Gasteiger partial charge is 0.306 e. The van der Waals surface area contributed by atoms with Gasteiger partial charge in [0, 0.05) is 78.5 Å². The van der Waals surface area contributed by atoms with Gasteiger partial charge >= 0.3 is 11.9 Å². The number of nitrogens with one attached hydrogen (secondary N) is 3. The number of rotatable bonds is 15. The molecule has 0 amide bonds. The van der Waals surface area contributed by atoms with Gasteiger partial charge < -0.3 is 25.4 Å². The van der Waals surface area contributed by atoms with Crippen LogP contribution in [-0.4, -0.2) is 114 Å². The summed E-state index contributed by atoms with van der Waals surface area (Å²) in [6, 6.07) is 0.